The van der Waals surface area contributed by atoms with E-state index in [2.05, 4.69) is 0 Å². The van der Waals surface area contributed by atoms with Gasteiger partial charge in [-0.1, -0.05) is 13.0 Å². The third kappa shape index (κ3) is 4.11. The maximum absolute atomic E-state index is 14.0. The van der Waals surface area contributed by atoms with E-state index in [4.69, 9.17) is 15.2 Å². The van der Waals surface area contributed by atoms with E-state index in [0.717, 1.165) is 12.0 Å². The Morgan fingerprint density at radius 3 is 2.55 bits per heavy atom. The molecule has 0 aliphatic heterocycles. The molecule has 2 aromatic rings. The highest BCUT2D eigenvalue weighted by Crippen LogP contribution is 2.33. The van der Waals surface area contributed by atoms with Gasteiger partial charge in [-0.05, 0) is 49.2 Å². The van der Waals surface area contributed by atoms with Gasteiger partial charge in [0.05, 0.1) is 6.61 Å². The van der Waals surface area contributed by atoms with Crippen molar-refractivity contribution in [1.82, 2.24) is 0 Å². The molecule has 0 aliphatic rings. The summed E-state index contributed by atoms with van der Waals surface area (Å²) < 4.78 is 24.8. The second-order valence-corrected chi connectivity index (χ2v) is 4.84. The number of ether oxygens (including phenoxy) is 2. The van der Waals surface area contributed by atoms with Gasteiger partial charge in [0, 0.05) is 6.07 Å². The molecule has 0 radical (unpaired) electrons. The summed E-state index contributed by atoms with van der Waals surface area (Å²) in [7, 11) is 0. The zero-order valence-corrected chi connectivity index (χ0v) is 12.5. The Morgan fingerprint density at radius 1 is 1.14 bits per heavy atom. The number of rotatable bonds is 7. The molecule has 2 aromatic carbocycles. The highest BCUT2D eigenvalue weighted by atomic mass is 19.1. The maximum Gasteiger partial charge on any atom is 0.169 e. The third-order valence-electron chi connectivity index (χ3n) is 3.17. The lowest BCUT2D eigenvalue weighted by Gasteiger charge is -2.11. The molecule has 3 N–H and O–H groups in total. The van der Waals surface area contributed by atoms with Crippen molar-refractivity contribution in [3.63, 3.8) is 0 Å². The molecule has 0 fully saturated rings. The summed E-state index contributed by atoms with van der Waals surface area (Å²) in [5.74, 6) is 0.105. The van der Waals surface area contributed by atoms with E-state index in [1.54, 1.807) is 18.2 Å². The predicted octanol–water partition coefficient (Wildman–Crippen LogP) is 3.61. The topological polar surface area (TPSA) is 64.7 Å². The van der Waals surface area contributed by atoms with E-state index in [1.807, 2.05) is 13.0 Å². The Morgan fingerprint density at radius 2 is 1.91 bits per heavy atom. The van der Waals surface area contributed by atoms with E-state index in [0.29, 0.717) is 25.3 Å². The number of benzene rings is 2. The van der Waals surface area contributed by atoms with E-state index < -0.39 is 5.82 Å². The molecule has 22 heavy (non-hydrogen) atoms. The van der Waals surface area contributed by atoms with Crippen molar-refractivity contribution < 1.29 is 19.0 Å². The molecule has 0 saturated carbocycles. The third-order valence-corrected chi connectivity index (χ3v) is 3.17. The van der Waals surface area contributed by atoms with Gasteiger partial charge < -0.3 is 20.3 Å². The molecule has 5 heteroatoms. The second kappa shape index (κ2) is 7.66. The van der Waals surface area contributed by atoms with Gasteiger partial charge in [0.1, 0.15) is 5.75 Å². The highest BCUT2D eigenvalue weighted by Gasteiger charge is 2.10. The van der Waals surface area contributed by atoms with Crippen molar-refractivity contribution in [2.24, 2.45) is 5.73 Å². The van der Waals surface area contributed by atoms with Crippen LogP contribution in [0.5, 0.6) is 23.0 Å². The summed E-state index contributed by atoms with van der Waals surface area (Å²) in [5, 5.41) is 9.89. The molecular formula is C17H20FNO3. The van der Waals surface area contributed by atoms with Gasteiger partial charge in [0.15, 0.2) is 23.1 Å². The van der Waals surface area contributed by atoms with Crippen LogP contribution in [0.2, 0.25) is 0 Å². The number of hydrogen-bond acceptors (Lipinski definition) is 4. The van der Waals surface area contributed by atoms with E-state index in [9.17, 15) is 9.50 Å². The van der Waals surface area contributed by atoms with Gasteiger partial charge in [-0.2, -0.15) is 0 Å². The number of phenols is 1. The molecule has 0 bridgehead atoms. The predicted molar refractivity (Wildman–Crippen MR) is 83.1 cm³/mol. The standard InChI is InChI=1S/C17H20FNO3/c1-2-12-4-6-17(15(20)10-12)22-16-7-5-13(11-14(16)18)21-9-3-8-19/h4-7,10-11,20H,2-3,8-9,19H2,1H3. The Hall–Kier alpha value is -2.27. The first kappa shape index (κ1) is 16.1. The smallest absolute Gasteiger partial charge is 0.169 e. The van der Waals surface area contributed by atoms with Gasteiger partial charge in [-0.25, -0.2) is 4.39 Å². The first-order valence-electron chi connectivity index (χ1n) is 7.26. The summed E-state index contributed by atoms with van der Waals surface area (Å²) >= 11 is 0. The number of halogens is 1. The Bertz CT molecular complexity index is 631. The summed E-state index contributed by atoms with van der Waals surface area (Å²) in [5.41, 5.74) is 6.35. The number of aryl methyl sites for hydroxylation is 1. The fourth-order valence-corrected chi connectivity index (χ4v) is 1.92. The average Bonchev–Trinajstić information content (AvgIpc) is 2.51. The van der Waals surface area contributed by atoms with Crippen LogP contribution < -0.4 is 15.2 Å². The normalized spacial score (nSPS) is 10.5. The molecule has 0 atom stereocenters. The average molecular weight is 305 g/mol. The molecule has 2 rings (SSSR count). The molecule has 118 valence electrons. The van der Waals surface area contributed by atoms with E-state index in [-0.39, 0.29) is 17.2 Å². The minimum atomic E-state index is -0.552. The Labute approximate surface area is 129 Å². The lowest BCUT2D eigenvalue weighted by atomic mass is 10.1. The van der Waals surface area contributed by atoms with Crippen molar-refractivity contribution in [2.45, 2.75) is 19.8 Å². The second-order valence-electron chi connectivity index (χ2n) is 4.84. The van der Waals surface area contributed by atoms with Crippen LogP contribution in [0.1, 0.15) is 18.9 Å². The van der Waals surface area contributed by atoms with Crippen LogP contribution in [0.4, 0.5) is 4.39 Å². The molecular weight excluding hydrogens is 285 g/mol. The van der Waals surface area contributed by atoms with E-state index in [1.165, 1.54) is 12.1 Å². The summed E-state index contributed by atoms with van der Waals surface area (Å²) in [6.45, 7) is 2.95. The van der Waals surface area contributed by atoms with Crippen molar-refractivity contribution in [3.05, 3.63) is 47.8 Å². The monoisotopic (exact) mass is 305 g/mol. The fraction of sp³-hybridized carbons (Fsp3) is 0.294. The highest BCUT2D eigenvalue weighted by molar-refractivity contribution is 5.45. The molecule has 0 unspecified atom stereocenters. The lowest BCUT2D eigenvalue weighted by Crippen LogP contribution is -2.06. The van der Waals surface area contributed by atoms with Crippen molar-refractivity contribution in [3.8, 4) is 23.0 Å². The number of phenolic OH excluding ortho intramolecular Hbond substituents is 1. The maximum atomic E-state index is 14.0. The molecule has 0 aromatic heterocycles. The van der Waals surface area contributed by atoms with Gasteiger partial charge in [0.2, 0.25) is 0 Å². The van der Waals surface area contributed by atoms with Crippen LogP contribution >= 0.6 is 0 Å². The van der Waals surface area contributed by atoms with Gasteiger partial charge in [-0.15, -0.1) is 0 Å². The van der Waals surface area contributed by atoms with Gasteiger partial charge >= 0.3 is 0 Å². The zero-order valence-electron chi connectivity index (χ0n) is 12.5. The number of nitrogens with two attached hydrogens (primary N) is 1. The van der Waals surface area contributed by atoms with Crippen molar-refractivity contribution in [1.29, 1.82) is 0 Å². The fourth-order valence-electron chi connectivity index (χ4n) is 1.92. The summed E-state index contributed by atoms with van der Waals surface area (Å²) in [6, 6.07) is 9.41. The van der Waals surface area contributed by atoms with Crippen LogP contribution in [-0.2, 0) is 6.42 Å². The van der Waals surface area contributed by atoms with Crippen LogP contribution in [0, 0.1) is 5.82 Å². The van der Waals surface area contributed by atoms with Crippen LogP contribution in [0.3, 0.4) is 0 Å². The quantitative estimate of drug-likeness (QED) is 0.767. The van der Waals surface area contributed by atoms with Crippen molar-refractivity contribution in [2.75, 3.05) is 13.2 Å². The lowest BCUT2D eigenvalue weighted by molar-refractivity contribution is 0.310. The summed E-state index contributed by atoms with van der Waals surface area (Å²) in [6.07, 6.45) is 1.51. The van der Waals surface area contributed by atoms with Crippen LogP contribution in [-0.4, -0.2) is 18.3 Å². The molecule has 0 spiro atoms. The number of aromatic hydroxyl groups is 1. The SMILES string of the molecule is CCc1ccc(Oc2ccc(OCCCN)cc2F)c(O)c1. The van der Waals surface area contributed by atoms with Crippen molar-refractivity contribution >= 4 is 0 Å². The minimum absolute atomic E-state index is 0.0120. The minimum Gasteiger partial charge on any atom is -0.504 e. The molecule has 0 saturated heterocycles. The van der Waals surface area contributed by atoms with Gasteiger partial charge in [-0.3, -0.25) is 0 Å². The molecule has 0 aliphatic carbocycles. The van der Waals surface area contributed by atoms with Crippen LogP contribution in [0.25, 0.3) is 0 Å². The Kier molecular flexibility index (Phi) is 5.61. The molecule has 0 heterocycles. The van der Waals surface area contributed by atoms with Gasteiger partial charge in [0.25, 0.3) is 0 Å². The first-order chi connectivity index (χ1) is 10.6. The Balaban J connectivity index is 2.09. The van der Waals surface area contributed by atoms with Crippen LogP contribution in [0.15, 0.2) is 36.4 Å². The first-order valence-corrected chi connectivity index (χ1v) is 7.26. The zero-order chi connectivity index (χ0) is 15.9. The summed E-state index contributed by atoms with van der Waals surface area (Å²) in [4.78, 5) is 0. The van der Waals surface area contributed by atoms with E-state index >= 15 is 0 Å². The molecule has 0 amide bonds. The number of hydrogen-bond donors (Lipinski definition) is 2. The largest absolute Gasteiger partial charge is 0.504 e. The molecule has 4 nitrogen and oxygen atoms in total.